The lowest BCUT2D eigenvalue weighted by Crippen LogP contribution is -2.29. The van der Waals surface area contributed by atoms with E-state index in [1.165, 1.54) is 19.0 Å². The number of halogens is 1. The van der Waals surface area contributed by atoms with Crippen molar-refractivity contribution in [1.82, 2.24) is 10.3 Å². The van der Waals surface area contributed by atoms with Crippen LogP contribution in [0.2, 0.25) is 0 Å². The molecule has 2 nitrogen and oxygen atoms in total. The second kappa shape index (κ2) is 5.58. The number of aromatic nitrogens is 1. The van der Waals surface area contributed by atoms with Gasteiger partial charge in [-0.05, 0) is 49.3 Å². The van der Waals surface area contributed by atoms with E-state index >= 15 is 0 Å². The van der Waals surface area contributed by atoms with Crippen LogP contribution in [0.25, 0.3) is 0 Å². The van der Waals surface area contributed by atoms with Crippen molar-refractivity contribution in [2.75, 3.05) is 6.54 Å². The van der Waals surface area contributed by atoms with Gasteiger partial charge in [0.25, 0.3) is 0 Å². The maximum atomic E-state index is 13.2. The van der Waals surface area contributed by atoms with Gasteiger partial charge in [-0.3, -0.25) is 4.98 Å². The van der Waals surface area contributed by atoms with Gasteiger partial charge in [0.15, 0.2) is 0 Å². The van der Waals surface area contributed by atoms with Gasteiger partial charge in [0.1, 0.15) is 5.82 Å². The van der Waals surface area contributed by atoms with Gasteiger partial charge in [-0.2, -0.15) is 0 Å². The average Bonchev–Trinajstić information content (AvgIpc) is 3.13. The molecule has 94 valence electrons. The lowest BCUT2D eigenvalue weighted by atomic mass is 9.91. The number of hydrogen-bond donors (Lipinski definition) is 1. The van der Waals surface area contributed by atoms with Gasteiger partial charge in [-0.15, -0.1) is 0 Å². The number of rotatable bonds is 6. The standard InChI is InChI=1S/C14H21FN2/c1-3-6-17-14(10(2)11-4-5-11)12-7-13(15)9-16-8-12/h7-11,14,17H,3-6H2,1-2H3. The Morgan fingerprint density at radius 1 is 1.47 bits per heavy atom. The highest BCUT2D eigenvalue weighted by atomic mass is 19.1. The Hall–Kier alpha value is -0.960. The van der Waals surface area contributed by atoms with E-state index in [0.717, 1.165) is 24.4 Å². The van der Waals surface area contributed by atoms with Crippen molar-refractivity contribution in [2.24, 2.45) is 11.8 Å². The molecular formula is C14H21FN2. The fourth-order valence-corrected chi connectivity index (χ4v) is 2.40. The molecule has 17 heavy (non-hydrogen) atoms. The van der Waals surface area contributed by atoms with E-state index in [2.05, 4.69) is 24.1 Å². The third-order valence-electron chi connectivity index (χ3n) is 3.59. The first-order valence-corrected chi connectivity index (χ1v) is 6.56. The molecular weight excluding hydrogens is 215 g/mol. The van der Waals surface area contributed by atoms with Crippen molar-refractivity contribution < 1.29 is 4.39 Å². The molecule has 0 spiro atoms. The zero-order chi connectivity index (χ0) is 12.3. The van der Waals surface area contributed by atoms with Crippen LogP contribution in [0.3, 0.4) is 0 Å². The van der Waals surface area contributed by atoms with Gasteiger partial charge in [0.05, 0.1) is 6.20 Å². The molecule has 2 unspecified atom stereocenters. The van der Waals surface area contributed by atoms with Crippen LogP contribution in [0.1, 0.15) is 44.7 Å². The molecule has 1 saturated carbocycles. The van der Waals surface area contributed by atoms with Crippen LogP contribution in [0.5, 0.6) is 0 Å². The minimum atomic E-state index is -0.242. The molecule has 0 aliphatic heterocycles. The smallest absolute Gasteiger partial charge is 0.141 e. The molecule has 0 amide bonds. The second-order valence-corrected chi connectivity index (χ2v) is 5.06. The van der Waals surface area contributed by atoms with Crippen LogP contribution in [0.4, 0.5) is 4.39 Å². The van der Waals surface area contributed by atoms with Crippen LogP contribution in [-0.4, -0.2) is 11.5 Å². The van der Waals surface area contributed by atoms with Crippen molar-refractivity contribution in [2.45, 2.75) is 39.2 Å². The van der Waals surface area contributed by atoms with Crippen molar-refractivity contribution in [3.05, 3.63) is 29.8 Å². The van der Waals surface area contributed by atoms with E-state index in [0.29, 0.717) is 5.92 Å². The second-order valence-electron chi connectivity index (χ2n) is 5.06. The minimum absolute atomic E-state index is 0.241. The average molecular weight is 236 g/mol. The van der Waals surface area contributed by atoms with Crippen LogP contribution < -0.4 is 5.32 Å². The molecule has 1 aliphatic rings. The summed E-state index contributed by atoms with van der Waals surface area (Å²) < 4.78 is 13.2. The lowest BCUT2D eigenvalue weighted by molar-refractivity contribution is 0.348. The van der Waals surface area contributed by atoms with E-state index in [9.17, 15) is 4.39 Å². The molecule has 2 atom stereocenters. The summed E-state index contributed by atoms with van der Waals surface area (Å²) in [5, 5.41) is 3.53. The van der Waals surface area contributed by atoms with Crippen molar-refractivity contribution in [3.8, 4) is 0 Å². The predicted octanol–water partition coefficient (Wildman–Crippen LogP) is 3.31. The summed E-state index contributed by atoms with van der Waals surface area (Å²) in [6.07, 6.45) is 6.77. The SMILES string of the molecule is CCCNC(c1cncc(F)c1)C(C)C1CC1. The molecule has 3 heteroatoms. The summed E-state index contributed by atoms with van der Waals surface area (Å²) in [7, 11) is 0. The first-order chi connectivity index (χ1) is 8.22. The highest BCUT2D eigenvalue weighted by Gasteiger charge is 2.33. The van der Waals surface area contributed by atoms with Crippen LogP contribution in [0.15, 0.2) is 18.5 Å². The van der Waals surface area contributed by atoms with Gasteiger partial charge >= 0.3 is 0 Å². The molecule has 1 heterocycles. The summed E-state index contributed by atoms with van der Waals surface area (Å²) in [5.74, 6) is 1.12. The highest BCUT2D eigenvalue weighted by molar-refractivity contribution is 5.17. The zero-order valence-corrected chi connectivity index (χ0v) is 10.6. The van der Waals surface area contributed by atoms with Crippen molar-refractivity contribution in [1.29, 1.82) is 0 Å². The van der Waals surface area contributed by atoms with E-state index in [-0.39, 0.29) is 11.9 Å². The first kappa shape index (κ1) is 12.5. The monoisotopic (exact) mass is 236 g/mol. The number of pyridine rings is 1. The van der Waals surface area contributed by atoms with Crippen LogP contribution >= 0.6 is 0 Å². The largest absolute Gasteiger partial charge is 0.310 e. The van der Waals surface area contributed by atoms with Crippen LogP contribution in [0, 0.1) is 17.7 Å². The maximum absolute atomic E-state index is 13.2. The number of nitrogens with one attached hydrogen (secondary N) is 1. The van der Waals surface area contributed by atoms with E-state index in [4.69, 9.17) is 0 Å². The molecule has 1 N–H and O–H groups in total. The van der Waals surface area contributed by atoms with Gasteiger partial charge in [0, 0.05) is 12.2 Å². The van der Waals surface area contributed by atoms with Crippen molar-refractivity contribution >= 4 is 0 Å². The van der Waals surface area contributed by atoms with Gasteiger partial charge in [-0.1, -0.05) is 13.8 Å². The molecule has 0 saturated heterocycles. The van der Waals surface area contributed by atoms with E-state index in [1.807, 2.05) is 0 Å². The summed E-state index contributed by atoms with van der Waals surface area (Å²) >= 11 is 0. The summed E-state index contributed by atoms with van der Waals surface area (Å²) in [6, 6.07) is 1.85. The quantitative estimate of drug-likeness (QED) is 0.819. The number of hydrogen-bond acceptors (Lipinski definition) is 2. The Morgan fingerprint density at radius 3 is 2.82 bits per heavy atom. The fraction of sp³-hybridized carbons (Fsp3) is 0.643. The predicted molar refractivity (Wildman–Crippen MR) is 67.1 cm³/mol. The third kappa shape index (κ3) is 3.25. The Labute approximate surface area is 103 Å². The topological polar surface area (TPSA) is 24.9 Å². The van der Waals surface area contributed by atoms with Gasteiger partial charge < -0.3 is 5.32 Å². The molecule has 0 bridgehead atoms. The van der Waals surface area contributed by atoms with Crippen molar-refractivity contribution in [3.63, 3.8) is 0 Å². The maximum Gasteiger partial charge on any atom is 0.141 e. The molecule has 0 radical (unpaired) electrons. The molecule has 2 rings (SSSR count). The van der Waals surface area contributed by atoms with Gasteiger partial charge in [0.2, 0.25) is 0 Å². The Kier molecular flexibility index (Phi) is 4.11. The van der Waals surface area contributed by atoms with E-state index < -0.39 is 0 Å². The molecule has 1 fully saturated rings. The zero-order valence-electron chi connectivity index (χ0n) is 10.6. The summed E-state index contributed by atoms with van der Waals surface area (Å²) in [6.45, 7) is 5.38. The molecule has 0 aromatic carbocycles. The number of nitrogens with zero attached hydrogens (tertiary/aromatic N) is 1. The Bertz CT molecular complexity index is 363. The lowest BCUT2D eigenvalue weighted by Gasteiger charge is -2.25. The Morgan fingerprint density at radius 2 is 2.24 bits per heavy atom. The minimum Gasteiger partial charge on any atom is -0.310 e. The van der Waals surface area contributed by atoms with Crippen LogP contribution in [-0.2, 0) is 0 Å². The first-order valence-electron chi connectivity index (χ1n) is 6.56. The normalized spacial score (nSPS) is 19.0. The fourth-order valence-electron chi connectivity index (χ4n) is 2.40. The third-order valence-corrected chi connectivity index (χ3v) is 3.59. The molecule has 1 aromatic heterocycles. The molecule has 1 aliphatic carbocycles. The molecule has 1 aromatic rings. The van der Waals surface area contributed by atoms with Gasteiger partial charge in [-0.25, -0.2) is 4.39 Å². The highest BCUT2D eigenvalue weighted by Crippen LogP contribution is 2.42. The van der Waals surface area contributed by atoms with E-state index in [1.54, 1.807) is 12.3 Å². The Balaban J connectivity index is 2.13. The summed E-state index contributed by atoms with van der Waals surface area (Å²) in [5.41, 5.74) is 0.984. The summed E-state index contributed by atoms with van der Waals surface area (Å²) in [4.78, 5) is 3.96.